The summed E-state index contributed by atoms with van der Waals surface area (Å²) in [6.07, 6.45) is -2.54. The van der Waals surface area contributed by atoms with Crippen LogP contribution in [0.2, 0.25) is 0 Å². The van der Waals surface area contributed by atoms with E-state index >= 15 is 0 Å². The highest BCUT2D eigenvalue weighted by molar-refractivity contribution is 7.90. The number of hydrogen-bond acceptors (Lipinski definition) is 7. The van der Waals surface area contributed by atoms with Gasteiger partial charge in [0.05, 0.1) is 28.7 Å². The van der Waals surface area contributed by atoms with E-state index in [-0.39, 0.29) is 28.4 Å². The maximum Gasteiger partial charge on any atom is 0.433 e. The molecule has 0 saturated carbocycles. The summed E-state index contributed by atoms with van der Waals surface area (Å²) in [5.74, 6) is -0.197. The number of anilines is 1. The summed E-state index contributed by atoms with van der Waals surface area (Å²) < 4.78 is 65.1. The number of Topliss-reactive ketones (excluding diaryl/α,β-unsaturated/α-hetero) is 1. The molecule has 11 heteroatoms. The number of sulfone groups is 1. The van der Waals surface area contributed by atoms with Crippen molar-refractivity contribution >= 4 is 21.3 Å². The van der Waals surface area contributed by atoms with Crippen LogP contribution in [0.1, 0.15) is 42.6 Å². The Balaban J connectivity index is 1.93. The number of hydrogen-bond donors (Lipinski definition) is 0. The Bertz CT molecular complexity index is 1360. The molecule has 0 spiro atoms. The van der Waals surface area contributed by atoms with E-state index in [1.165, 1.54) is 24.3 Å². The lowest BCUT2D eigenvalue weighted by Crippen LogP contribution is -2.51. The van der Waals surface area contributed by atoms with Crippen LogP contribution in [0.25, 0.3) is 0 Å². The number of ketones is 1. The third-order valence-electron chi connectivity index (χ3n) is 6.28. The number of halogens is 3. The Morgan fingerprint density at radius 3 is 2.50 bits per heavy atom. The molecule has 2 heterocycles. The van der Waals surface area contributed by atoms with Crippen molar-refractivity contribution in [2.24, 2.45) is 0 Å². The van der Waals surface area contributed by atoms with E-state index < -0.39 is 33.9 Å². The SMILES string of the molecule is CC1N(c2ccnc(C(F)(F)F)c2)C2=C(C(=O)CC2)C(c2ccc(C#N)cc2S(C)(=O)=O)N1C. The molecular weight excluding hydrogens is 469 g/mol. The molecule has 2 atom stereocenters. The van der Waals surface area contributed by atoms with Gasteiger partial charge in [0.15, 0.2) is 15.6 Å². The minimum atomic E-state index is -4.63. The van der Waals surface area contributed by atoms with Crippen molar-refractivity contribution in [1.29, 1.82) is 5.26 Å². The van der Waals surface area contributed by atoms with Gasteiger partial charge in [0.25, 0.3) is 0 Å². The lowest BCUT2D eigenvalue weighted by Gasteiger charge is -2.47. The number of nitriles is 1. The van der Waals surface area contributed by atoms with Crippen molar-refractivity contribution in [3.8, 4) is 6.07 Å². The third kappa shape index (κ3) is 3.97. The zero-order chi connectivity index (χ0) is 25.0. The highest BCUT2D eigenvalue weighted by Gasteiger charge is 2.45. The van der Waals surface area contributed by atoms with Crippen LogP contribution in [0, 0.1) is 11.3 Å². The first-order valence-electron chi connectivity index (χ1n) is 10.4. The van der Waals surface area contributed by atoms with E-state index in [0.717, 1.165) is 18.5 Å². The van der Waals surface area contributed by atoms with E-state index in [4.69, 9.17) is 0 Å². The van der Waals surface area contributed by atoms with Gasteiger partial charge in [-0.3, -0.25) is 14.7 Å². The summed E-state index contributed by atoms with van der Waals surface area (Å²) in [7, 11) is -2.06. The summed E-state index contributed by atoms with van der Waals surface area (Å²) in [5, 5.41) is 9.25. The number of likely N-dealkylation sites (N-methyl/N-ethyl adjacent to an activating group) is 1. The number of alkyl halides is 3. The molecule has 7 nitrogen and oxygen atoms in total. The van der Waals surface area contributed by atoms with Crippen LogP contribution in [-0.2, 0) is 20.8 Å². The first kappa shape index (κ1) is 23.9. The molecular formula is C23H21F3N4O3S. The molecule has 2 aromatic rings. The van der Waals surface area contributed by atoms with Crippen LogP contribution in [0.4, 0.5) is 18.9 Å². The van der Waals surface area contributed by atoms with Crippen LogP contribution in [0.15, 0.2) is 52.7 Å². The van der Waals surface area contributed by atoms with Gasteiger partial charge in [0, 0.05) is 35.8 Å². The predicted octanol–water partition coefficient (Wildman–Crippen LogP) is 3.83. The summed E-state index contributed by atoms with van der Waals surface area (Å²) in [4.78, 5) is 19.8. The Labute approximate surface area is 195 Å². The molecule has 1 aromatic carbocycles. The predicted molar refractivity (Wildman–Crippen MR) is 117 cm³/mol. The second-order valence-corrected chi connectivity index (χ2v) is 10.4. The maximum atomic E-state index is 13.3. The second-order valence-electron chi connectivity index (χ2n) is 8.39. The largest absolute Gasteiger partial charge is 0.433 e. The highest BCUT2D eigenvalue weighted by Crippen LogP contribution is 2.47. The zero-order valence-corrected chi connectivity index (χ0v) is 19.4. The smallest absolute Gasteiger partial charge is 0.329 e. The van der Waals surface area contributed by atoms with Crippen LogP contribution in [0.3, 0.4) is 0 Å². The van der Waals surface area contributed by atoms with E-state index in [9.17, 15) is 31.6 Å². The van der Waals surface area contributed by atoms with Crippen molar-refractivity contribution in [2.75, 3.05) is 18.2 Å². The number of carbonyl (C=O) groups excluding carboxylic acids is 1. The van der Waals surface area contributed by atoms with Gasteiger partial charge in [-0.05, 0) is 50.2 Å². The van der Waals surface area contributed by atoms with Crippen molar-refractivity contribution in [1.82, 2.24) is 9.88 Å². The van der Waals surface area contributed by atoms with Gasteiger partial charge in [-0.2, -0.15) is 18.4 Å². The first-order valence-corrected chi connectivity index (χ1v) is 12.3. The second kappa shape index (κ2) is 8.21. The van der Waals surface area contributed by atoms with Crippen LogP contribution >= 0.6 is 0 Å². The van der Waals surface area contributed by atoms with Gasteiger partial charge < -0.3 is 4.90 Å². The van der Waals surface area contributed by atoms with Gasteiger partial charge in [-0.15, -0.1) is 0 Å². The van der Waals surface area contributed by atoms with Crippen molar-refractivity contribution in [2.45, 2.75) is 43.0 Å². The number of benzene rings is 1. The molecule has 2 aliphatic rings. The van der Waals surface area contributed by atoms with Gasteiger partial charge in [0.2, 0.25) is 0 Å². The molecule has 0 amide bonds. The minimum absolute atomic E-state index is 0.0566. The molecule has 1 aromatic heterocycles. The Morgan fingerprint density at radius 2 is 1.88 bits per heavy atom. The summed E-state index contributed by atoms with van der Waals surface area (Å²) >= 11 is 0. The third-order valence-corrected chi connectivity index (χ3v) is 7.44. The molecule has 1 aliphatic carbocycles. The molecule has 0 radical (unpaired) electrons. The van der Waals surface area contributed by atoms with Crippen LogP contribution < -0.4 is 4.90 Å². The maximum absolute atomic E-state index is 13.3. The van der Waals surface area contributed by atoms with Gasteiger partial charge in [-0.1, -0.05) is 6.07 Å². The van der Waals surface area contributed by atoms with E-state index in [2.05, 4.69) is 4.98 Å². The number of allylic oxidation sites excluding steroid dienone is 1. The topological polar surface area (TPSA) is 94.4 Å². The number of aromatic nitrogens is 1. The van der Waals surface area contributed by atoms with Gasteiger partial charge in [-0.25, -0.2) is 8.42 Å². The van der Waals surface area contributed by atoms with Gasteiger partial charge in [0.1, 0.15) is 5.69 Å². The fraction of sp³-hybridized carbons (Fsp3) is 0.348. The first-order chi connectivity index (χ1) is 15.8. The summed E-state index contributed by atoms with van der Waals surface area (Å²) in [5.41, 5.74) is 0.624. The lowest BCUT2D eigenvalue weighted by atomic mass is 9.91. The quantitative estimate of drug-likeness (QED) is 0.645. The van der Waals surface area contributed by atoms with E-state index in [1.54, 1.807) is 23.8 Å². The molecule has 34 heavy (non-hydrogen) atoms. The molecule has 0 fully saturated rings. The van der Waals surface area contributed by atoms with E-state index in [0.29, 0.717) is 23.3 Å². The normalized spacial score (nSPS) is 21.6. The van der Waals surface area contributed by atoms with Crippen LogP contribution in [0.5, 0.6) is 0 Å². The minimum Gasteiger partial charge on any atom is -0.329 e. The van der Waals surface area contributed by atoms with Crippen molar-refractivity contribution < 1.29 is 26.4 Å². The number of carbonyl (C=O) groups is 1. The molecule has 0 bridgehead atoms. The Kier molecular flexibility index (Phi) is 5.78. The number of pyridine rings is 1. The molecule has 4 rings (SSSR count). The highest BCUT2D eigenvalue weighted by atomic mass is 32.2. The summed E-state index contributed by atoms with van der Waals surface area (Å²) in [6, 6.07) is 7.90. The molecule has 0 saturated heterocycles. The number of rotatable bonds is 3. The molecule has 1 aliphatic heterocycles. The standard InChI is InChI=1S/C23H21F3N4O3S/c1-13-29(2)22(16-5-4-14(12-27)10-19(16)34(3,32)33)21-17(6-7-18(21)31)30(13)15-8-9-28-20(11-15)23(24,25)26/h4-5,8-11,13,22H,6-7H2,1-3H3. The van der Waals surface area contributed by atoms with E-state index in [1.807, 2.05) is 6.07 Å². The fourth-order valence-electron chi connectivity index (χ4n) is 4.67. The Hall–Kier alpha value is -3.23. The molecule has 2 unspecified atom stereocenters. The lowest BCUT2D eigenvalue weighted by molar-refractivity contribution is -0.141. The zero-order valence-electron chi connectivity index (χ0n) is 18.6. The monoisotopic (exact) mass is 490 g/mol. The summed E-state index contributed by atoms with van der Waals surface area (Å²) in [6.45, 7) is 1.77. The van der Waals surface area contributed by atoms with Gasteiger partial charge >= 0.3 is 6.18 Å². The Morgan fingerprint density at radius 1 is 1.18 bits per heavy atom. The van der Waals surface area contributed by atoms with Crippen molar-refractivity contribution in [3.63, 3.8) is 0 Å². The van der Waals surface area contributed by atoms with Crippen LogP contribution in [-0.4, -0.2) is 43.6 Å². The molecule has 178 valence electrons. The average molecular weight is 491 g/mol. The average Bonchev–Trinajstić information content (AvgIpc) is 3.14. The number of nitrogens with zero attached hydrogens (tertiary/aromatic N) is 4. The fourth-order valence-corrected chi connectivity index (χ4v) is 5.62. The molecule has 0 N–H and O–H groups in total. The van der Waals surface area contributed by atoms with Crippen molar-refractivity contribution in [3.05, 3.63) is 64.6 Å².